The van der Waals surface area contributed by atoms with Crippen molar-refractivity contribution in [1.29, 1.82) is 0 Å². The Morgan fingerprint density at radius 1 is 0.232 bits per heavy atom. The molecule has 2 heterocycles. The average Bonchev–Trinajstić information content (AvgIpc) is 3.95. The standard InChI is InChI=1S/C66H46N2Si/c1-5-20-47(21-6-1)49-38-41-57(42-39-49)69(55-28-9-3-10-29-55,56-30-11-4-12-31-56)65-37-19-36-64-66(65)59-33-14-16-35-62(59)68(64)54-40-43-63-60(46-54)58-32-13-15-34-61(58)67(63)53-27-18-26-52(45-53)51-25-17-24-50(44-51)48-22-7-2-8-23-48/h1-46H. The topological polar surface area (TPSA) is 9.86 Å². The first-order valence-corrected chi connectivity index (χ1v) is 25.8. The number of hydrogen-bond acceptors (Lipinski definition) is 0. The monoisotopic (exact) mass is 894 g/mol. The van der Waals surface area contributed by atoms with Crippen molar-refractivity contribution in [3.8, 4) is 44.8 Å². The van der Waals surface area contributed by atoms with Crippen molar-refractivity contribution in [2.24, 2.45) is 0 Å². The van der Waals surface area contributed by atoms with Gasteiger partial charge in [-0.3, -0.25) is 0 Å². The Morgan fingerprint density at radius 2 is 0.652 bits per heavy atom. The fourth-order valence-corrected chi connectivity index (χ4v) is 16.2. The largest absolute Gasteiger partial charge is 0.309 e. The molecule has 0 saturated heterocycles. The smallest absolute Gasteiger partial charge is 0.180 e. The Hall–Kier alpha value is -8.76. The molecule has 0 radical (unpaired) electrons. The van der Waals surface area contributed by atoms with Crippen molar-refractivity contribution < 1.29 is 0 Å². The number of hydrogen-bond donors (Lipinski definition) is 0. The van der Waals surface area contributed by atoms with Crippen molar-refractivity contribution in [2.45, 2.75) is 0 Å². The molecular formula is C66H46N2Si. The first-order chi connectivity index (χ1) is 34.2. The summed E-state index contributed by atoms with van der Waals surface area (Å²) in [6.45, 7) is 0. The van der Waals surface area contributed by atoms with Gasteiger partial charge < -0.3 is 9.13 Å². The van der Waals surface area contributed by atoms with E-state index in [0.29, 0.717) is 0 Å². The van der Waals surface area contributed by atoms with Crippen LogP contribution in [0, 0.1) is 0 Å². The molecule has 0 atom stereocenters. The predicted molar refractivity (Wildman–Crippen MR) is 295 cm³/mol. The summed E-state index contributed by atoms with van der Waals surface area (Å²) in [4.78, 5) is 0. The summed E-state index contributed by atoms with van der Waals surface area (Å²) >= 11 is 0. The quantitative estimate of drug-likeness (QED) is 0.101. The van der Waals surface area contributed by atoms with Crippen molar-refractivity contribution in [1.82, 2.24) is 9.13 Å². The van der Waals surface area contributed by atoms with Gasteiger partial charge in [0.05, 0.1) is 22.1 Å². The van der Waals surface area contributed by atoms with Crippen molar-refractivity contribution >= 4 is 72.4 Å². The third-order valence-corrected chi connectivity index (χ3v) is 19.1. The SMILES string of the molecule is c1ccc(-c2ccc([Si](c3ccccc3)(c3ccccc3)c3cccc4c3c3ccccc3n4-c3ccc4c(c3)c3ccccc3n4-c3cccc(-c4cccc(-c5ccccc5)c4)c3)cc2)cc1. The molecule has 3 heteroatoms. The third-order valence-electron chi connectivity index (χ3n) is 14.3. The Kier molecular flexibility index (Phi) is 9.88. The fourth-order valence-electron chi connectivity index (χ4n) is 11.2. The number of nitrogens with zero attached hydrogens (tertiary/aromatic N) is 2. The molecule has 0 saturated carbocycles. The lowest BCUT2D eigenvalue weighted by atomic mass is 9.99. The Labute approximate surface area is 403 Å². The summed E-state index contributed by atoms with van der Waals surface area (Å²) in [5.74, 6) is 0. The van der Waals surface area contributed by atoms with E-state index in [1.807, 2.05) is 0 Å². The van der Waals surface area contributed by atoms with Crippen LogP contribution in [-0.2, 0) is 0 Å². The summed E-state index contributed by atoms with van der Waals surface area (Å²) in [7, 11) is -2.97. The molecule has 0 spiro atoms. The minimum Gasteiger partial charge on any atom is -0.309 e. The number of fused-ring (bicyclic) bond motifs is 6. The predicted octanol–water partition coefficient (Wildman–Crippen LogP) is 14.3. The molecule has 13 rings (SSSR count). The van der Waals surface area contributed by atoms with E-state index in [2.05, 4.69) is 288 Å². The van der Waals surface area contributed by atoms with Gasteiger partial charge >= 0.3 is 0 Å². The molecule has 0 amide bonds. The average molecular weight is 895 g/mol. The van der Waals surface area contributed by atoms with Crippen LogP contribution in [0.4, 0.5) is 0 Å². The molecule has 0 bridgehead atoms. The van der Waals surface area contributed by atoms with Crippen LogP contribution in [-0.4, -0.2) is 17.2 Å². The second-order valence-electron chi connectivity index (χ2n) is 18.0. The molecular weight excluding hydrogens is 849 g/mol. The molecule has 0 aliphatic rings. The molecule has 0 fully saturated rings. The van der Waals surface area contributed by atoms with Gasteiger partial charge in [0, 0.05) is 32.9 Å². The first-order valence-electron chi connectivity index (χ1n) is 23.8. The van der Waals surface area contributed by atoms with Gasteiger partial charge in [-0.25, -0.2) is 0 Å². The number of para-hydroxylation sites is 2. The lowest BCUT2D eigenvalue weighted by molar-refractivity contribution is 1.17. The van der Waals surface area contributed by atoms with E-state index in [-0.39, 0.29) is 0 Å². The van der Waals surface area contributed by atoms with Crippen LogP contribution >= 0.6 is 0 Å². The van der Waals surface area contributed by atoms with E-state index in [4.69, 9.17) is 0 Å². The molecule has 13 aromatic rings. The summed E-state index contributed by atoms with van der Waals surface area (Å²) in [6.07, 6.45) is 0. The second kappa shape index (κ2) is 16.8. The highest BCUT2D eigenvalue weighted by molar-refractivity contribution is 7.20. The maximum Gasteiger partial charge on any atom is 0.180 e. The van der Waals surface area contributed by atoms with E-state index in [0.717, 1.165) is 11.4 Å². The molecule has 0 N–H and O–H groups in total. The Bertz CT molecular complexity index is 3940. The number of aromatic nitrogens is 2. The molecule has 2 nitrogen and oxygen atoms in total. The van der Waals surface area contributed by atoms with E-state index in [1.165, 1.54) is 97.7 Å². The molecule has 0 aliphatic heterocycles. The van der Waals surface area contributed by atoms with Crippen molar-refractivity contribution in [3.05, 3.63) is 279 Å². The van der Waals surface area contributed by atoms with Crippen LogP contribution in [0.1, 0.15) is 0 Å². The minimum atomic E-state index is -2.97. The summed E-state index contributed by atoms with van der Waals surface area (Å²) in [5.41, 5.74) is 14.3. The van der Waals surface area contributed by atoms with E-state index >= 15 is 0 Å². The van der Waals surface area contributed by atoms with Crippen LogP contribution in [0.15, 0.2) is 279 Å². The maximum absolute atomic E-state index is 2.97. The van der Waals surface area contributed by atoms with Crippen LogP contribution in [0.3, 0.4) is 0 Å². The third kappa shape index (κ3) is 6.70. The molecule has 324 valence electrons. The van der Waals surface area contributed by atoms with Gasteiger partial charge in [0.25, 0.3) is 0 Å². The normalized spacial score (nSPS) is 11.8. The molecule has 0 aliphatic carbocycles. The van der Waals surface area contributed by atoms with E-state index in [9.17, 15) is 0 Å². The van der Waals surface area contributed by atoms with Crippen molar-refractivity contribution in [2.75, 3.05) is 0 Å². The van der Waals surface area contributed by atoms with Gasteiger partial charge in [-0.2, -0.15) is 0 Å². The van der Waals surface area contributed by atoms with Crippen molar-refractivity contribution in [3.63, 3.8) is 0 Å². The van der Waals surface area contributed by atoms with Crippen LogP contribution in [0.25, 0.3) is 88.4 Å². The highest BCUT2D eigenvalue weighted by Gasteiger charge is 2.43. The zero-order valence-corrected chi connectivity index (χ0v) is 39.0. The van der Waals surface area contributed by atoms with Gasteiger partial charge in [0.1, 0.15) is 0 Å². The fraction of sp³-hybridized carbons (Fsp3) is 0. The number of rotatable bonds is 9. The van der Waals surface area contributed by atoms with Crippen LogP contribution in [0.2, 0.25) is 0 Å². The molecule has 11 aromatic carbocycles. The zero-order chi connectivity index (χ0) is 45.7. The summed E-state index contributed by atoms with van der Waals surface area (Å²) < 4.78 is 4.94. The molecule has 2 aromatic heterocycles. The molecule has 69 heavy (non-hydrogen) atoms. The first kappa shape index (κ1) is 40.5. The lowest BCUT2D eigenvalue weighted by Crippen LogP contribution is -2.74. The van der Waals surface area contributed by atoms with Crippen LogP contribution < -0.4 is 20.7 Å². The summed E-state index contributed by atoms with van der Waals surface area (Å²) in [5, 5.41) is 10.4. The maximum atomic E-state index is 2.51. The van der Waals surface area contributed by atoms with E-state index in [1.54, 1.807) is 0 Å². The van der Waals surface area contributed by atoms with Gasteiger partial charge in [0.15, 0.2) is 8.07 Å². The Morgan fingerprint density at radius 3 is 1.32 bits per heavy atom. The zero-order valence-electron chi connectivity index (χ0n) is 38.0. The highest BCUT2D eigenvalue weighted by Crippen LogP contribution is 2.38. The Balaban J connectivity index is 1.02. The van der Waals surface area contributed by atoms with Gasteiger partial charge in [0.2, 0.25) is 0 Å². The minimum absolute atomic E-state index is 1.14. The second-order valence-corrected chi connectivity index (χ2v) is 21.8. The van der Waals surface area contributed by atoms with E-state index < -0.39 is 8.07 Å². The number of benzene rings is 11. The lowest BCUT2D eigenvalue weighted by Gasteiger charge is -2.35. The highest BCUT2D eigenvalue weighted by atomic mass is 28.3. The van der Waals surface area contributed by atoms with Crippen LogP contribution in [0.5, 0.6) is 0 Å². The summed E-state index contributed by atoms with van der Waals surface area (Å²) in [6, 6.07) is 103. The van der Waals surface area contributed by atoms with Gasteiger partial charge in [-0.15, -0.1) is 0 Å². The molecule has 0 unspecified atom stereocenters. The van der Waals surface area contributed by atoms with Gasteiger partial charge in [-0.1, -0.05) is 224 Å². The van der Waals surface area contributed by atoms with Gasteiger partial charge in [-0.05, 0) is 109 Å².